The molecule has 0 amide bonds. The van der Waals surface area contributed by atoms with Gasteiger partial charge in [0, 0.05) is 37.6 Å². The molecule has 0 saturated carbocycles. The van der Waals surface area contributed by atoms with Crippen molar-refractivity contribution in [3.63, 3.8) is 0 Å². The normalized spacial score (nSPS) is 21.1. The number of piperidine rings is 1. The molecule has 1 aromatic heterocycles. The number of nitrogens with zero attached hydrogens (tertiary/aromatic N) is 2. The Balaban J connectivity index is 2.03. The Hall–Kier alpha value is -1.29. The van der Waals surface area contributed by atoms with Crippen molar-refractivity contribution in [2.75, 3.05) is 30.3 Å². The average Bonchev–Trinajstić information content (AvgIpc) is 2.30. The fourth-order valence-electron chi connectivity index (χ4n) is 2.30. The number of nitrogen functional groups attached to an aromatic ring is 1. The van der Waals surface area contributed by atoms with Gasteiger partial charge in [-0.1, -0.05) is 0 Å². The van der Waals surface area contributed by atoms with Crippen molar-refractivity contribution in [3.05, 3.63) is 18.3 Å². The molecule has 16 heavy (non-hydrogen) atoms. The highest BCUT2D eigenvalue weighted by atomic mass is 16.3. The molecule has 1 aromatic rings. The third kappa shape index (κ3) is 2.64. The van der Waals surface area contributed by atoms with Gasteiger partial charge in [-0.2, -0.15) is 0 Å². The summed E-state index contributed by atoms with van der Waals surface area (Å²) < 4.78 is 0. The van der Waals surface area contributed by atoms with Crippen LogP contribution in [0, 0.1) is 5.92 Å². The molecule has 0 aliphatic carbocycles. The summed E-state index contributed by atoms with van der Waals surface area (Å²) in [6, 6.07) is 3.72. The van der Waals surface area contributed by atoms with Crippen LogP contribution in [0.3, 0.4) is 0 Å². The Morgan fingerprint density at radius 1 is 1.56 bits per heavy atom. The van der Waals surface area contributed by atoms with Gasteiger partial charge in [-0.25, -0.2) is 4.98 Å². The zero-order valence-electron chi connectivity index (χ0n) is 9.47. The molecule has 1 fully saturated rings. The van der Waals surface area contributed by atoms with Gasteiger partial charge in [0.2, 0.25) is 0 Å². The molecule has 3 N–H and O–H groups in total. The van der Waals surface area contributed by atoms with Crippen molar-refractivity contribution < 1.29 is 5.11 Å². The highest BCUT2D eigenvalue weighted by molar-refractivity contribution is 5.50. The quantitative estimate of drug-likeness (QED) is 0.806. The summed E-state index contributed by atoms with van der Waals surface area (Å²) in [6.07, 6.45) is 5.01. The third-order valence-corrected chi connectivity index (χ3v) is 3.15. The number of pyridine rings is 1. The lowest BCUT2D eigenvalue weighted by atomic mass is 9.95. The lowest BCUT2D eigenvalue weighted by Crippen LogP contribution is -2.36. The molecule has 1 aliphatic heterocycles. The molecule has 0 spiro atoms. The van der Waals surface area contributed by atoms with E-state index in [1.165, 1.54) is 12.8 Å². The predicted molar refractivity (Wildman–Crippen MR) is 65.3 cm³/mol. The number of aliphatic hydroxyl groups excluding tert-OH is 1. The minimum Gasteiger partial charge on any atom is -0.399 e. The molecule has 1 saturated heterocycles. The van der Waals surface area contributed by atoms with Crippen molar-refractivity contribution in [3.8, 4) is 0 Å². The molecule has 2 heterocycles. The summed E-state index contributed by atoms with van der Waals surface area (Å²) in [6.45, 7) is 2.30. The van der Waals surface area contributed by atoms with Gasteiger partial charge in [0.05, 0.1) is 0 Å². The van der Waals surface area contributed by atoms with Gasteiger partial charge in [0.1, 0.15) is 5.82 Å². The zero-order chi connectivity index (χ0) is 11.4. The summed E-state index contributed by atoms with van der Waals surface area (Å²) >= 11 is 0. The first-order valence-corrected chi connectivity index (χ1v) is 5.87. The lowest BCUT2D eigenvalue weighted by Gasteiger charge is -2.33. The van der Waals surface area contributed by atoms with Crippen molar-refractivity contribution >= 4 is 11.5 Å². The highest BCUT2D eigenvalue weighted by Gasteiger charge is 2.20. The van der Waals surface area contributed by atoms with E-state index in [9.17, 15) is 0 Å². The Kier molecular flexibility index (Phi) is 3.62. The monoisotopic (exact) mass is 221 g/mol. The molecular formula is C12H19N3O. The number of hydrogen-bond donors (Lipinski definition) is 2. The SMILES string of the molecule is Nc1ccnc(N2CCCC(CCO)C2)c1. The maximum absolute atomic E-state index is 8.97. The molecule has 88 valence electrons. The van der Waals surface area contributed by atoms with Crippen LogP contribution in [0.4, 0.5) is 11.5 Å². The molecular weight excluding hydrogens is 202 g/mol. The van der Waals surface area contributed by atoms with Gasteiger partial charge in [-0.05, 0) is 31.2 Å². The van der Waals surface area contributed by atoms with Crippen molar-refractivity contribution in [1.29, 1.82) is 0 Å². The van der Waals surface area contributed by atoms with Gasteiger partial charge in [-0.3, -0.25) is 0 Å². The number of aromatic nitrogens is 1. The average molecular weight is 221 g/mol. The smallest absolute Gasteiger partial charge is 0.130 e. The second-order valence-electron chi connectivity index (χ2n) is 4.41. The first kappa shape index (κ1) is 11.2. The van der Waals surface area contributed by atoms with E-state index in [1.807, 2.05) is 6.07 Å². The fourth-order valence-corrected chi connectivity index (χ4v) is 2.30. The van der Waals surface area contributed by atoms with Crippen LogP contribution in [0.1, 0.15) is 19.3 Å². The van der Waals surface area contributed by atoms with E-state index < -0.39 is 0 Å². The van der Waals surface area contributed by atoms with E-state index >= 15 is 0 Å². The summed E-state index contributed by atoms with van der Waals surface area (Å²) in [7, 11) is 0. The number of aliphatic hydroxyl groups is 1. The second-order valence-corrected chi connectivity index (χ2v) is 4.41. The second kappa shape index (κ2) is 5.16. The van der Waals surface area contributed by atoms with Crippen LogP contribution in [0.15, 0.2) is 18.3 Å². The van der Waals surface area contributed by atoms with E-state index in [-0.39, 0.29) is 6.61 Å². The van der Waals surface area contributed by atoms with Gasteiger partial charge in [0.25, 0.3) is 0 Å². The van der Waals surface area contributed by atoms with Crippen LogP contribution < -0.4 is 10.6 Å². The topological polar surface area (TPSA) is 62.4 Å². The largest absolute Gasteiger partial charge is 0.399 e. The van der Waals surface area contributed by atoms with E-state index in [4.69, 9.17) is 10.8 Å². The number of anilines is 2. The summed E-state index contributed by atoms with van der Waals surface area (Å²) in [5.41, 5.74) is 6.51. The number of hydrogen-bond acceptors (Lipinski definition) is 4. The first-order chi connectivity index (χ1) is 7.79. The van der Waals surface area contributed by atoms with Gasteiger partial charge < -0.3 is 15.7 Å². The molecule has 1 unspecified atom stereocenters. The van der Waals surface area contributed by atoms with Crippen LogP contribution in [0.5, 0.6) is 0 Å². The number of nitrogens with two attached hydrogens (primary N) is 1. The Morgan fingerprint density at radius 3 is 3.19 bits per heavy atom. The maximum atomic E-state index is 8.97. The van der Waals surface area contributed by atoms with E-state index in [2.05, 4.69) is 9.88 Å². The van der Waals surface area contributed by atoms with E-state index in [1.54, 1.807) is 12.3 Å². The summed E-state index contributed by atoms with van der Waals surface area (Å²) in [4.78, 5) is 6.61. The first-order valence-electron chi connectivity index (χ1n) is 5.87. The Labute approximate surface area is 96.1 Å². The maximum Gasteiger partial charge on any atom is 0.130 e. The molecule has 1 atom stereocenters. The van der Waals surface area contributed by atoms with Crippen LogP contribution in [-0.4, -0.2) is 29.8 Å². The van der Waals surface area contributed by atoms with Gasteiger partial charge in [-0.15, -0.1) is 0 Å². The standard InChI is InChI=1S/C12H19N3O/c13-11-3-5-14-12(8-11)15-6-1-2-10(9-15)4-7-16/h3,5,8,10,16H,1-2,4,6-7,9H2,(H2,13,14). The summed E-state index contributed by atoms with van der Waals surface area (Å²) in [5.74, 6) is 1.55. The van der Waals surface area contributed by atoms with Crippen molar-refractivity contribution in [2.24, 2.45) is 5.92 Å². The van der Waals surface area contributed by atoms with E-state index in [0.717, 1.165) is 31.0 Å². The Morgan fingerprint density at radius 2 is 2.44 bits per heavy atom. The van der Waals surface area contributed by atoms with E-state index in [0.29, 0.717) is 5.92 Å². The molecule has 0 radical (unpaired) electrons. The van der Waals surface area contributed by atoms with Crippen molar-refractivity contribution in [2.45, 2.75) is 19.3 Å². The van der Waals surface area contributed by atoms with Gasteiger partial charge >= 0.3 is 0 Å². The van der Waals surface area contributed by atoms with Gasteiger partial charge in [0.15, 0.2) is 0 Å². The minimum atomic E-state index is 0.281. The highest BCUT2D eigenvalue weighted by Crippen LogP contribution is 2.24. The predicted octanol–water partition coefficient (Wildman–Crippen LogP) is 1.26. The molecule has 0 bridgehead atoms. The van der Waals surface area contributed by atoms with Crippen LogP contribution in [0.2, 0.25) is 0 Å². The van der Waals surface area contributed by atoms with Crippen LogP contribution >= 0.6 is 0 Å². The fraction of sp³-hybridized carbons (Fsp3) is 0.583. The molecule has 1 aliphatic rings. The molecule has 0 aromatic carbocycles. The van der Waals surface area contributed by atoms with Crippen LogP contribution in [0.25, 0.3) is 0 Å². The summed E-state index contributed by atoms with van der Waals surface area (Å²) in [5, 5.41) is 8.97. The number of rotatable bonds is 3. The molecule has 4 nitrogen and oxygen atoms in total. The zero-order valence-corrected chi connectivity index (χ0v) is 9.47. The third-order valence-electron chi connectivity index (χ3n) is 3.15. The lowest BCUT2D eigenvalue weighted by molar-refractivity contribution is 0.244. The van der Waals surface area contributed by atoms with Crippen molar-refractivity contribution in [1.82, 2.24) is 4.98 Å². The minimum absolute atomic E-state index is 0.281. The molecule has 2 rings (SSSR count). The Bertz CT molecular complexity index is 341. The molecule has 4 heteroatoms. The van der Waals surface area contributed by atoms with Crippen LogP contribution in [-0.2, 0) is 0 Å².